The summed E-state index contributed by atoms with van der Waals surface area (Å²) in [6.07, 6.45) is 14.5. The van der Waals surface area contributed by atoms with Gasteiger partial charge in [0.05, 0.1) is 17.6 Å². The van der Waals surface area contributed by atoms with Crippen LogP contribution in [-0.2, 0) is 14.3 Å². The molecule has 4 nitrogen and oxygen atoms in total. The van der Waals surface area contributed by atoms with Gasteiger partial charge in [-0.3, -0.25) is 4.18 Å². The van der Waals surface area contributed by atoms with Crippen LogP contribution in [0.15, 0.2) is 40.8 Å². The van der Waals surface area contributed by atoms with Gasteiger partial charge in [0.25, 0.3) is 10.1 Å². The zero-order chi connectivity index (χ0) is 28.0. The van der Waals surface area contributed by atoms with Gasteiger partial charge in [-0.25, -0.2) is 0 Å². The molecule has 3 saturated carbocycles. The minimum absolute atomic E-state index is 0.176. The Kier molecular flexibility index (Phi) is 8.46. The summed E-state index contributed by atoms with van der Waals surface area (Å²) >= 11 is 0. The molecule has 1 aromatic rings. The Bertz CT molecular complexity index is 1140. The van der Waals surface area contributed by atoms with E-state index >= 15 is 0 Å². The quantitative estimate of drug-likeness (QED) is 0.247. The molecule has 1 N–H and O–H groups in total. The fraction of sp³-hybridized carbons (Fsp3) is 0.765. The lowest BCUT2D eigenvalue weighted by atomic mass is 9.46. The van der Waals surface area contributed by atoms with E-state index in [-0.39, 0.29) is 23.0 Å². The van der Waals surface area contributed by atoms with Crippen molar-refractivity contribution in [3.05, 3.63) is 41.5 Å². The summed E-state index contributed by atoms with van der Waals surface area (Å²) in [5.74, 6) is 4.29. The van der Waals surface area contributed by atoms with Crippen LogP contribution in [0.4, 0.5) is 0 Å². The summed E-state index contributed by atoms with van der Waals surface area (Å²) in [5.41, 5.74) is 2.52. The zero-order valence-corrected chi connectivity index (χ0v) is 25.8. The molecule has 39 heavy (non-hydrogen) atoms. The van der Waals surface area contributed by atoms with Crippen LogP contribution in [0.3, 0.4) is 0 Å². The maximum atomic E-state index is 13.0. The maximum absolute atomic E-state index is 13.0. The standard InChI is InChI=1S/C34H52O4S/c1-23(2)7-6-8-25(4)30-15-16-31-29-14-11-26-21-27(38-39(36,37)28-12-9-24(3)10-13-28)17-20-34(26,22-35)32(29)18-19-33(30,31)5/h9-13,23,25,27,29-32,35H,6-8,14-22H2,1-5H3/t25-,27?,29+,30-,31+,32+,33-,34-/m1/s1. The molecule has 1 aromatic carbocycles. The van der Waals surface area contributed by atoms with Crippen LogP contribution < -0.4 is 0 Å². The molecule has 0 bridgehead atoms. The summed E-state index contributed by atoms with van der Waals surface area (Å²) in [5, 5.41) is 10.9. The molecule has 5 heteroatoms. The van der Waals surface area contributed by atoms with Crippen molar-refractivity contribution >= 4 is 10.1 Å². The van der Waals surface area contributed by atoms with Gasteiger partial charge in [0.15, 0.2) is 0 Å². The first-order chi connectivity index (χ1) is 18.5. The van der Waals surface area contributed by atoms with Crippen molar-refractivity contribution < 1.29 is 17.7 Å². The number of fused-ring (bicyclic) bond motifs is 5. The van der Waals surface area contributed by atoms with Gasteiger partial charge in [-0.05, 0) is 111 Å². The lowest BCUT2D eigenvalue weighted by Gasteiger charge is -2.59. The van der Waals surface area contributed by atoms with E-state index in [2.05, 4.69) is 33.8 Å². The topological polar surface area (TPSA) is 63.6 Å². The van der Waals surface area contributed by atoms with Crippen LogP contribution in [0.5, 0.6) is 0 Å². The Labute approximate surface area is 238 Å². The van der Waals surface area contributed by atoms with Gasteiger partial charge in [-0.15, -0.1) is 0 Å². The van der Waals surface area contributed by atoms with Gasteiger partial charge in [0.1, 0.15) is 0 Å². The number of hydrogen-bond donors (Lipinski definition) is 1. The normalized spacial score (nSPS) is 37.1. The molecular weight excluding hydrogens is 504 g/mol. The molecule has 0 radical (unpaired) electrons. The highest BCUT2D eigenvalue weighted by molar-refractivity contribution is 7.86. The first-order valence-electron chi connectivity index (χ1n) is 15.8. The number of aryl methyl sites for hydroxylation is 1. The van der Waals surface area contributed by atoms with E-state index in [1.807, 2.05) is 19.1 Å². The number of allylic oxidation sites excluding steroid dienone is 1. The van der Waals surface area contributed by atoms with Crippen LogP contribution in [0.1, 0.15) is 104 Å². The Morgan fingerprint density at radius 2 is 1.74 bits per heavy atom. The molecule has 0 heterocycles. The lowest BCUT2D eigenvalue weighted by molar-refractivity contribution is -0.0778. The smallest absolute Gasteiger partial charge is 0.297 e. The Morgan fingerprint density at radius 1 is 1.00 bits per heavy atom. The molecule has 4 aliphatic carbocycles. The second kappa shape index (κ2) is 11.2. The van der Waals surface area contributed by atoms with Gasteiger partial charge in [-0.1, -0.05) is 76.3 Å². The fourth-order valence-electron chi connectivity index (χ4n) is 9.76. The lowest BCUT2D eigenvalue weighted by Crippen LogP contribution is -2.53. The van der Waals surface area contributed by atoms with Crippen molar-refractivity contribution in [2.45, 2.75) is 116 Å². The molecule has 0 saturated heterocycles. The minimum atomic E-state index is -3.80. The Balaban J connectivity index is 1.30. The minimum Gasteiger partial charge on any atom is -0.395 e. The molecule has 5 rings (SSSR count). The summed E-state index contributed by atoms with van der Waals surface area (Å²) in [6, 6.07) is 6.90. The van der Waals surface area contributed by atoms with Gasteiger partial charge in [0.2, 0.25) is 0 Å². The number of benzene rings is 1. The van der Waals surface area contributed by atoms with E-state index in [9.17, 15) is 13.5 Å². The number of aliphatic hydroxyl groups excluding tert-OH is 1. The van der Waals surface area contributed by atoms with Crippen LogP contribution in [-0.4, -0.2) is 26.2 Å². The SMILES string of the molecule is Cc1ccc(S(=O)(=O)OC2CC[C@@]3(CO)C(=CC[C@@H]4[C@@H]3CC[C@]3(C)[C@@H]([C@H](C)CCCC(C)C)CC[C@@H]43)C2)cc1. The molecule has 3 fully saturated rings. The van der Waals surface area contributed by atoms with Crippen LogP contribution in [0, 0.1) is 53.3 Å². The van der Waals surface area contributed by atoms with Gasteiger partial charge in [-0.2, -0.15) is 8.42 Å². The molecular formula is C34H52O4S. The average Bonchev–Trinajstić information content (AvgIpc) is 3.25. The molecule has 4 aliphatic rings. The molecule has 0 aliphatic heterocycles. The maximum Gasteiger partial charge on any atom is 0.297 e. The first kappa shape index (κ1) is 29.3. The Hall–Kier alpha value is -1.17. The summed E-state index contributed by atoms with van der Waals surface area (Å²) in [6.45, 7) is 11.9. The van der Waals surface area contributed by atoms with Crippen LogP contribution in [0.2, 0.25) is 0 Å². The molecule has 0 amide bonds. The van der Waals surface area contributed by atoms with Crippen molar-refractivity contribution in [2.75, 3.05) is 6.61 Å². The van der Waals surface area contributed by atoms with E-state index in [4.69, 9.17) is 4.18 Å². The van der Waals surface area contributed by atoms with Crippen LogP contribution >= 0.6 is 0 Å². The highest BCUT2D eigenvalue weighted by atomic mass is 32.2. The summed E-state index contributed by atoms with van der Waals surface area (Å²) < 4.78 is 31.8. The monoisotopic (exact) mass is 556 g/mol. The van der Waals surface area contributed by atoms with E-state index in [1.54, 1.807) is 12.1 Å². The van der Waals surface area contributed by atoms with Crippen LogP contribution in [0.25, 0.3) is 0 Å². The highest BCUT2D eigenvalue weighted by Crippen LogP contribution is 2.67. The largest absolute Gasteiger partial charge is 0.395 e. The number of hydrogen-bond acceptors (Lipinski definition) is 4. The molecule has 218 valence electrons. The van der Waals surface area contributed by atoms with Crippen molar-refractivity contribution in [3.8, 4) is 0 Å². The first-order valence-corrected chi connectivity index (χ1v) is 17.2. The third kappa shape index (κ3) is 5.42. The van der Waals surface area contributed by atoms with Gasteiger partial charge >= 0.3 is 0 Å². The van der Waals surface area contributed by atoms with Crippen molar-refractivity contribution in [1.82, 2.24) is 0 Å². The predicted octanol–water partition coefficient (Wildman–Crippen LogP) is 8.08. The summed E-state index contributed by atoms with van der Waals surface area (Å²) in [7, 11) is -3.80. The van der Waals surface area contributed by atoms with Gasteiger partial charge in [0, 0.05) is 5.41 Å². The fourth-order valence-corrected chi connectivity index (χ4v) is 10.9. The Morgan fingerprint density at radius 3 is 2.44 bits per heavy atom. The van der Waals surface area contributed by atoms with E-state index < -0.39 is 10.1 Å². The van der Waals surface area contributed by atoms with Crippen molar-refractivity contribution in [2.24, 2.45) is 46.3 Å². The predicted molar refractivity (Wildman–Crippen MR) is 158 cm³/mol. The second-order valence-corrected chi connectivity index (χ2v) is 16.0. The third-order valence-electron chi connectivity index (χ3n) is 11.8. The number of aliphatic hydroxyl groups is 1. The van der Waals surface area contributed by atoms with Crippen molar-refractivity contribution in [1.29, 1.82) is 0 Å². The van der Waals surface area contributed by atoms with E-state index in [0.717, 1.165) is 42.1 Å². The molecule has 0 spiro atoms. The van der Waals surface area contributed by atoms with E-state index in [1.165, 1.54) is 50.5 Å². The number of rotatable bonds is 9. The summed E-state index contributed by atoms with van der Waals surface area (Å²) in [4.78, 5) is 0.227. The van der Waals surface area contributed by atoms with Crippen molar-refractivity contribution in [3.63, 3.8) is 0 Å². The molecule has 8 atom stereocenters. The van der Waals surface area contributed by atoms with Gasteiger partial charge < -0.3 is 5.11 Å². The molecule has 0 aromatic heterocycles. The molecule has 1 unspecified atom stereocenters. The third-order valence-corrected chi connectivity index (χ3v) is 13.2. The zero-order valence-electron chi connectivity index (χ0n) is 25.0. The average molecular weight is 557 g/mol. The highest BCUT2D eigenvalue weighted by Gasteiger charge is 2.60. The second-order valence-electron chi connectivity index (χ2n) is 14.4. The van der Waals surface area contributed by atoms with E-state index in [0.29, 0.717) is 30.1 Å².